The number of carbonyl (C=O) groups excluding carboxylic acids is 1. The molecule has 1 saturated heterocycles. The minimum absolute atomic E-state index is 0.0123. The van der Waals surface area contributed by atoms with Gasteiger partial charge in [-0.15, -0.1) is 0 Å². The second-order valence-electron chi connectivity index (χ2n) is 4.23. The van der Waals surface area contributed by atoms with Crippen LogP contribution in [0.1, 0.15) is 20.3 Å². The molecule has 5 heteroatoms. The van der Waals surface area contributed by atoms with Gasteiger partial charge in [0.2, 0.25) is 11.9 Å². The van der Waals surface area contributed by atoms with E-state index in [-0.39, 0.29) is 23.3 Å². The van der Waals surface area contributed by atoms with Crippen LogP contribution in [0.25, 0.3) is 0 Å². The van der Waals surface area contributed by atoms with E-state index in [1.165, 1.54) is 6.21 Å². The molecule has 1 amide bonds. The normalized spacial score (nSPS) is 29.3. The van der Waals surface area contributed by atoms with Crippen molar-refractivity contribution in [2.75, 3.05) is 0 Å². The molecule has 0 bridgehead atoms. The largest absolute Gasteiger partial charge is 0.350 e. The Morgan fingerprint density at radius 2 is 2.36 bits per heavy atom. The summed E-state index contributed by atoms with van der Waals surface area (Å²) in [7, 11) is 0. The number of nitrogens with zero attached hydrogens (tertiary/aromatic N) is 2. The number of nitrogens with one attached hydrogen (secondary N) is 2. The molecule has 1 fully saturated rings. The van der Waals surface area contributed by atoms with Gasteiger partial charge in [0.05, 0.1) is 0 Å². The van der Waals surface area contributed by atoms with Crippen LogP contribution in [-0.4, -0.2) is 29.3 Å². The van der Waals surface area contributed by atoms with Crippen LogP contribution >= 0.6 is 0 Å². The van der Waals surface area contributed by atoms with Gasteiger partial charge in [0.25, 0.3) is 0 Å². The van der Waals surface area contributed by atoms with Crippen LogP contribution in [0.2, 0.25) is 0 Å². The van der Waals surface area contributed by atoms with Crippen LogP contribution in [0, 0.1) is 11.3 Å². The summed E-state index contributed by atoms with van der Waals surface area (Å²) in [6, 6.07) is 0. The van der Waals surface area contributed by atoms with E-state index >= 15 is 0 Å². The molecule has 0 radical (unpaired) electrons. The molecule has 74 valence electrons. The van der Waals surface area contributed by atoms with Crippen LogP contribution in [0.5, 0.6) is 0 Å². The predicted molar refractivity (Wildman–Crippen MR) is 54.0 cm³/mol. The van der Waals surface area contributed by atoms with Gasteiger partial charge in [0.15, 0.2) is 0 Å². The molecule has 1 atom stereocenters. The number of guanidine groups is 1. The van der Waals surface area contributed by atoms with Crippen molar-refractivity contribution in [3.63, 3.8) is 0 Å². The van der Waals surface area contributed by atoms with Gasteiger partial charge in [0, 0.05) is 23.9 Å². The summed E-state index contributed by atoms with van der Waals surface area (Å²) in [5, 5.41) is 10.2. The number of hydrogen-bond acceptors (Lipinski definition) is 2. The minimum atomic E-state index is -0.364. The third-order valence-corrected chi connectivity index (χ3v) is 2.32. The fourth-order valence-electron chi connectivity index (χ4n) is 1.74. The first-order valence-corrected chi connectivity index (χ1v) is 4.50. The summed E-state index contributed by atoms with van der Waals surface area (Å²) in [4.78, 5) is 19.3. The highest BCUT2D eigenvalue weighted by Gasteiger charge is 2.37. The Labute approximate surface area is 81.8 Å². The Bertz CT molecular complexity index is 367. The van der Waals surface area contributed by atoms with Crippen molar-refractivity contribution in [2.24, 2.45) is 15.9 Å². The Kier molecular flexibility index (Phi) is 1.77. The van der Waals surface area contributed by atoms with Crippen molar-refractivity contribution in [3.05, 3.63) is 0 Å². The second kappa shape index (κ2) is 2.73. The molecule has 0 aromatic heterocycles. The summed E-state index contributed by atoms with van der Waals surface area (Å²) >= 11 is 0. The van der Waals surface area contributed by atoms with E-state index < -0.39 is 0 Å². The highest BCUT2D eigenvalue weighted by Crippen LogP contribution is 2.22. The SMILES string of the molecule is CC1(C)CC2=NC(=N)N=CC2C(=O)N1. The summed E-state index contributed by atoms with van der Waals surface area (Å²) in [5.74, 6) is -0.449. The molecule has 0 aliphatic carbocycles. The first kappa shape index (κ1) is 9.05. The lowest BCUT2D eigenvalue weighted by atomic mass is 9.84. The maximum absolute atomic E-state index is 11.6. The van der Waals surface area contributed by atoms with Crippen molar-refractivity contribution in [3.8, 4) is 0 Å². The van der Waals surface area contributed by atoms with E-state index in [1.807, 2.05) is 13.8 Å². The van der Waals surface area contributed by atoms with Crippen molar-refractivity contribution >= 4 is 23.8 Å². The zero-order chi connectivity index (χ0) is 10.3. The molecule has 2 aliphatic rings. The van der Waals surface area contributed by atoms with E-state index in [0.29, 0.717) is 6.42 Å². The molecular weight excluding hydrogens is 180 g/mol. The molecule has 5 nitrogen and oxygen atoms in total. The molecule has 2 rings (SSSR count). The monoisotopic (exact) mass is 192 g/mol. The number of fused-ring (bicyclic) bond motifs is 1. The highest BCUT2D eigenvalue weighted by molar-refractivity contribution is 6.23. The molecule has 0 aromatic carbocycles. The third kappa shape index (κ3) is 1.45. The highest BCUT2D eigenvalue weighted by atomic mass is 16.2. The quantitative estimate of drug-likeness (QED) is 0.571. The summed E-state index contributed by atoms with van der Waals surface area (Å²) in [6.07, 6.45) is 2.17. The van der Waals surface area contributed by atoms with E-state index in [4.69, 9.17) is 5.41 Å². The van der Waals surface area contributed by atoms with Crippen LogP contribution in [0.4, 0.5) is 0 Å². The van der Waals surface area contributed by atoms with E-state index in [2.05, 4.69) is 15.3 Å². The van der Waals surface area contributed by atoms with Gasteiger partial charge in [-0.1, -0.05) is 0 Å². The van der Waals surface area contributed by atoms with Gasteiger partial charge in [-0.25, -0.2) is 9.98 Å². The lowest BCUT2D eigenvalue weighted by Gasteiger charge is -2.35. The summed E-state index contributed by atoms with van der Waals surface area (Å²) in [6.45, 7) is 3.89. The van der Waals surface area contributed by atoms with Crippen molar-refractivity contribution < 1.29 is 4.79 Å². The van der Waals surface area contributed by atoms with Crippen molar-refractivity contribution in [2.45, 2.75) is 25.8 Å². The van der Waals surface area contributed by atoms with Crippen molar-refractivity contribution in [1.82, 2.24) is 5.32 Å². The Hall–Kier alpha value is -1.52. The van der Waals surface area contributed by atoms with Crippen LogP contribution in [-0.2, 0) is 4.79 Å². The number of aliphatic imine (C=N–C) groups is 2. The number of amides is 1. The van der Waals surface area contributed by atoms with Gasteiger partial charge in [-0.05, 0) is 13.8 Å². The Morgan fingerprint density at radius 1 is 1.64 bits per heavy atom. The third-order valence-electron chi connectivity index (χ3n) is 2.32. The summed E-state index contributed by atoms with van der Waals surface area (Å²) < 4.78 is 0. The van der Waals surface area contributed by atoms with E-state index in [9.17, 15) is 4.79 Å². The first-order chi connectivity index (χ1) is 6.48. The molecule has 1 unspecified atom stereocenters. The molecule has 14 heavy (non-hydrogen) atoms. The van der Waals surface area contributed by atoms with Crippen LogP contribution < -0.4 is 5.32 Å². The van der Waals surface area contributed by atoms with E-state index in [1.54, 1.807) is 0 Å². The molecule has 0 saturated carbocycles. The number of rotatable bonds is 0. The molecular formula is C9H12N4O. The maximum Gasteiger partial charge on any atom is 0.241 e. The van der Waals surface area contributed by atoms with Gasteiger partial charge in [-0.2, -0.15) is 0 Å². The lowest BCUT2D eigenvalue weighted by molar-refractivity contribution is -0.123. The number of carbonyl (C=O) groups is 1. The Balaban J connectivity index is 2.34. The topological polar surface area (TPSA) is 77.7 Å². The van der Waals surface area contributed by atoms with Gasteiger partial charge < -0.3 is 5.32 Å². The van der Waals surface area contributed by atoms with Crippen molar-refractivity contribution in [1.29, 1.82) is 5.41 Å². The summed E-state index contributed by atoms with van der Waals surface area (Å²) in [5.41, 5.74) is 0.483. The fraction of sp³-hybridized carbons (Fsp3) is 0.556. The maximum atomic E-state index is 11.6. The average molecular weight is 192 g/mol. The molecule has 2 aliphatic heterocycles. The van der Waals surface area contributed by atoms with Crippen LogP contribution in [0.15, 0.2) is 9.98 Å². The van der Waals surface area contributed by atoms with Gasteiger partial charge in [0.1, 0.15) is 5.92 Å². The molecule has 0 spiro atoms. The average Bonchev–Trinajstić information content (AvgIpc) is 2.00. The van der Waals surface area contributed by atoms with Gasteiger partial charge >= 0.3 is 0 Å². The number of piperidine rings is 1. The number of hydrogen-bond donors (Lipinski definition) is 2. The Morgan fingerprint density at radius 3 is 3.07 bits per heavy atom. The van der Waals surface area contributed by atoms with Gasteiger partial charge in [-0.3, -0.25) is 10.2 Å². The molecule has 0 aromatic rings. The zero-order valence-electron chi connectivity index (χ0n) is 8.16. The molecule has 2 heterocycles. The smallest absolute Gasteiger partial charge is 0.241 e. The standard InChI is InChI=1S/C9H12N4O/c1-9(2)3-6-5(7(14)13-9)4-11-8(10)12-6/h4-5,10H,3H2,1-2H3,(H,13,14). The first-order valence-electron chi connectivity index (χ1n) is 4.50. The fourth-order valence-corrected chi connectivity index (χ4v) is 1.74. The zero-order valence-corrected chi connectivity index (χ0v) is 8.16. The van der Waals surface area contributed by atoms with E-state index in [0.717, 1.165) is 5.71 Å². The minimum Gasteiger partial charge on any atom is -0.350 e. The predicted octanol–water partition coefficient (Wildman–Crippen LogP) is 0.361. The lowest BCUT2D eigenvalue weighted by Crippen LogP contribution is -2.56. The second-order valence-corrected chi connectivity index (χ2v) is 4.23. The molecule has 2 N–H and O–H groups in total. The van der Waals surface area contributed by atoms with Crippen LogP contribution in [0.3, 0.4) is 0 Å².